The molecule has 0 atom stereocenters. The molecule has 0 bridgehead atoms. The van der Waals surface area contributed by atoms with Crippen molar-refractivity contribution in [2.24, 2.45) is 17.4 Å². The second-order valence-corrected chi connectivity index (χ2v) is 11.0. The standard InChI is InChI=1S/C31H46N8O5/c1-4-36(16-23(2)3)29(41)19-39(22-33)31(43)18-37(17-25-8-7-13-44-25)30(42)20-38(21-32)28(40)15-34-12-11-24-14-35-27-10-6-5-9-26(24)27/h5-10,13-14,23,34-35H,4,11-12,15-22,32-33H2,1-3H3. The molecule has 1 aromatic carbocycles. The Bertz CT molecular complexity index is 1360. The number of benzene rings is 1. The largest absolute Gasteiger partial charge is 0.467 e. The predicted molar refractivity (Wildman–Crippen MR) is 168 cm³/mol. The Kier molecular flexibility index (Phi) is 13.4. The number of nitrogens with two attached hydrogens (primary N) is 2. The van der Waals surface area contributed by atoms with Crippen molar-refractivity contribution in [3.63, 3.8) is 0 Å². The second-order valence-electron chi connectivity index (χ2n) is 11.0. The van der Waals surface area contributed by atoms with Crippen molar-refractivity contribution in [1.29, 1.82) is 0 Å². The molecule has 0 spiro atoms. The van der Waals surface area contributed by atoms with E-state index in [1.165, 1.54) is 21.0 Å². The molecule has 4 amide bonds. The quantitative estimate of drug-likeness (QED) is 0.121. The molecule has 0 aliphatic heterocycles. The molecule has 44 heavy (non-hydrogen) atoms. The van der Waals surface area contributed by atoms with Crippen molar-refractivity contribution in [1.82, 2.24) is 29.9 Å². The van der Waals surface area contributed by atoms with Crippen LogP contribution in [-0.2, 0) is 32.1 Å². The zero-order valence-corrected chi connectivity index (χ0v) is 26.0. The van der Waals surface area contributed by atoms with Gasteiger partial charge >= 0.3 is 0 Å². The Morgan fingerprint density at radius 1 is 0.864 bits per heavy atom. The van der Waals surface area contributed by atoms with E-state index >= 15 is 0 Å². The number of furan rings is 1. The average Bonchev–Trinajstić information content (AvgIpc) is 3.68. The Morgan fingerprint density at radius 2 is 1.50 bits per heavy atom. The number of fused-ring (bicyclic) bond motifs is 1. The molecular weight excluding hydrogens is 564 g/mol. The number of nitrogens with one attached hydrogen (secondary N) is 2. The number of amides is 4. The summed E-state index contributed by atoms with van der Waals surface area (Å²) in [7, 11) is 0. The SMILES string of the molecule is CCN(CC(C)C)C(=O)CN(CN)C(=O)CN(Cc1ccco1)C(=O)CN(CN)C(=O)CNCCc1c[nH]c2ccccc12. The van der Waals surface area contributed by atoms with Crippen LogP contribution in [0, 0.1) is 5.92 Å². The molecule has 0 aliphatic carbocycles. The van der Waals surface area contributed by atoms with Gasteiger partial charge in [0.1, 0.15) is 25.4 Å². The van der Waals surface area contributed by atoms with Crippen LogP contribution in [0.5, 0.6) is 0 Å². The number of hydrogen-bond donors (Lipinski definition) is 4. The highest BCUT2D eigenvalue weighted by Gasteiger charge is 2.27. The normalized spacial score (nSPS) is 11.1. The van der Waals surface area contributed by atoms with E-state index < -0.39 is 11.8 Å². The molecule has 3 aromatic rings. The summed E-state index contributed by atoms with van der Waals surface area (Å²) < 4.78 is 5.41. The number of hydrogen-bond acceptors (Lipinski definition) is 8. The highest BCUT2D eigenvalue weighted by atomic mass is 16.3. The summed E-state index contributed by atoms with van der Waals surface area (Å²) in [5, 5.41) is 4.27. The lowest BCUT2D eigenvalue weighted by Gasteiger charge is -2.30. The number of carbonyl (C=O) groups excluding carboxylic acids is 4. The monoisotopic (exact) mass is 610 g/mol. The van der Waals surface area contributed by atoms with Crippen molar-refractivity contribution in [2.75, 3.05) is 59.2 Å². The van der Waals surface area contributed by atoms with Gasteiger partial charge in [0.15, 0.2) is 0 Å². The summed E-state index contributed by atoms with van der Waals surface area (Å²) in [5.74, 6) is -0.828. The van der Waals surface area contributed by atoms with Crippen molar-refractivity contribution in [3.8, 4) is 0 Å². The molecule has 0 radical (unpaired) electrons. The Morgan fingerprint density at radius 3 is 2.14 bits per heavy atom. The first-order chi connectivity index (χ1) is 21.2. The lowest BCUT2D eigenvalue weighted by molar-refractivity contribution is -0.146. The highest BCUT2D eigenvalue weighted by molar-refractivity contribution is 5.90. The van der Waals surface area contributed by atoms with Gasteiger partial charge in [0.25, 0.3) is 0 Å². The lowest BCUT2D eigenvalue weighted by atomic mass is 10.1. The van der Waals surface area contributed by atoms with E-state index in [1.807, 2.05) is 51.2 Å². The van der Waals surface area contributed by atoms with Gasteiger partial charge in [0.05, 0.1) is 32.7 Å². The summed E-state index contributed by atoms with van der Waals surface area (Å²) in [6.45, 7) is 6.27. The smallest absolute Gasteiger partial charge is 0.243 e. The van der Waals surface area contributed by atoms with Gasteiger partial charge in [-0.3, -0.25) is 19.2 Å². The van der Waals surface area contributed by atoms with Gasteiger partial charge in [-0.15, -0.1) is 0 Å². The molecule has 13 nitrogen and oxygen atoms in total. The third-order valence-electron chi connectivity index (χ3n) is 7.25. The van der Waals surface area contributed by atoms with Crippen LogP contribution in [0.25, 0.3) is 10.9 Å². The van der Waals surface area contributed by atoms with Crippen LogP contribution in [0.15, 0.2) is 53.3 Å². The van der Waals surface area contributed by atoms with Gasteiger partial charge in [-0.05, 0) is 49.6 Å². The number of aromatic nitrogens is 1. The zero-order valence-electron chi connectivity index (χ0n) is 26.0. The maximum absolute atomic E-state index is 13.4. The van der Waals surface area contributed by atoms with E-state index in [9.17, 15) is 19.2 Å². The number of rotatable bonds is 18. The Hall–Kier alpha value is -4.20. The maximum Gasteiger partial charge on any atom is 0.243 e. The van der Waals surface area contributed by atoms with Gasteiger partial charge < -0.3 is 45.8 Å². The third kappa shape index (κ3) is 9.93. The fraction of sp³-hybridized carbons (Fsp3) is 0.484. The van der Waals surface area contributed by atoms with E-state index in [4.69, 9.17) is 15.9 Å². The number of nitrogens with zero attached hydrogens (tertiary/aromatic N) is 4. The van der Waals surface area contributed by atoms with Gasteiger partial charge in [0.2, 0.25) is 23.6 Å². The molecular formula is C31H46N8O5. The van der Waals surface area contributed by atoms with Crippen molar-refractivity contribution >= 4 is 34.5 Å². The topological polar surface area (TPSA) is 174 Å². The summed E-state index contributed by atoms with van der Waals surface area (Å²) in [6.07, 6.45) is 4.14. The molecule has 0 aliphatic rings. The van der Waals surface area contributed by atoms with Gasteiger partial charge in [-0.25, -0.2) is 0 Å². The van der Waals surface area contributed by atoms with Crippen LogP contribution in [-0.4, -0.2) is 107 Å². The minimum absolute atomic E-state index is 0.00266. The van der Waals surface area contributed by atoms with E-state index in [-0.39, 0.29) is 63.8 Å². The number of para-hydroxylation sites is 1. The number of likely N-dealkylation sites (N-methyl/N-ethyl adjacent to an activating group) is 1. The first-order valence-electron chi connectivity index (χ1n) is 15.0. The van der Waals surface area contributed by atoms with Crippen LogP contribution in [0.1, 0.15) is 32.1 Å². The summed E-state index contributed by atoms with van der Waals surface area (Å²) >= 11 is 0. The molecule has 0 unspecified atom stereocenters. The molecule has 0 saturated carbocycles. The fourth-order valence-electron chi connectivity index (χ4n) is 4.84. The lowest BCUT2D eigenvalue weighted by Crippen LogP contribution is -2.52. The van der Waals surface area contributed by atoms with Crippen LogP contribution in [0.2, 0.25) is 0 Å². The molecule has 0 saturated heterocycles. The summed E-state index contributed by atoms with van der Waals surface area (Å²) in [5.41, 5.74) is 13.9. The number of H-pyrrole nitrogens is 1. The van der Waals surface area contributed by atoms with Crippen molar-refractivity contribution in [2.45, 2.75) is 33.7 Å². The number of carbonyl (C=O) groups is 4. The van der Waals surface area contributed by atoms with E-state index in [0.29, 0.717) is 31.8 Å². The van der Waals surface area contributed by atoms with Crippen LogP contribution >= 0.6 is 0 Å². The average molecular weight is 611 g/mol. The molecule has 2 heterocycles. The van der Waals surface area contributed by atoms with Crippen molar-refractivity contribution < 1.29 is 23.6 Å². The van der Waals surface area contributed by atoms with Gasteiger partial charge in [-0.2, -0.15) is 0 Å². The molecule has 3 rings (SSSR count). The minimum atomic E-state index is -0.495. The fourth-order valence-corrected chi connectivity index (χ4v) is 4.84. The molecule has 0 fully saturated rings. The Balaban J connectivity index is 1.58. The highest BCUT2D eigenvalue weighted by Crippen LogP contribution is 2.17. The van der Waals surface area contributed by atoms with E-state index in [1.54, 1.807) is 17.0 Å². The molecule has 13 heteroatoms. The zero-order chi connectivity index (χ0) is 32.1. The number of aromatic amines is 1. The predicted octanol–water partition coefficient (Wildman–Crippen LogP) is 0.916. The first-order valence-corrected chi connectivity index (χ1v) is 15.0. The third-order valence-corrected chi connectivity index (χ3v) is 7.25. The van der Waals surface area contributed by atoms with Crippen molar-refractivity contribution in [3.05, 3.63) is 60.2 Å². The summed E-state index contributed by atoms with van der Waals surface area (Å²) in [6, 6.07) is 11.4. The van der Waals surface area contributed by atoms with Crippen LogP contribution in [0.3, 0.4) is 0 Å². The minimum Gasteiger partial charge on any atom is -0.467 e. The van der Waals surface area contributed by atoms with E-state index in [0.717, 1.165) is 16.5 Å². The second kappa shape index (κ2) is 17.2. The van der Waals surface area contributed by atoms with Gasteiger partial charge in [-0.1, -0.05) is 32.0 Å². The Labute approximate surface area is 258 Å². The van der Waals surface area contributed by atoms with Crippen LogP contribution < -0.4 is 16.8 Å². The summed E-state index contributed by atoms with van der Waals surface area (Å²) in [4.78, 5) is 61.1. The van der Waals surface area contributed by atoms with Gasteiger partial charge in [0, 0.05) is 30.2 Å². The molecule has 240 valence electrons. The first kappa shape index (κ1) is 34.3. The molecule has 2 aromatic heterocycles. The molecule has 6 N–H and O–H groups in total. The van der Waals surface area contributed by atoms with E-state index in [2.05, 4.69) is 10.3 Å². The maximum atomic E-state index is 13.4. The van der Waals surface area contributed by atoms with Crippen LogP contribution in [0.4, 0.5) is 0 Å².